The van der Waals surface area contributed by atoms with Gasteiger partial charge in [-0.2, -0.15) is 0 Å². The standard InChI is InChI=1S/C27H16ClNO5/c28-19-11-7-16(8-12-19)23(30)15-34-27(33)18-9-13-20(14-10-18)29-25(31)21-5-1-3-17-4-2-6-22(24(17)21)26(29)32/h1-14H,15H2. The number of Topliss-reactive ketones (excluding diaryl/α,β-unsaturated/α-hetero) is 1. The number of rotatable bonds is 5. The molecule has 0 aromatic heterocycles. The number of esters is 1. The van der Waals surface area contributed by atoms with Crippen LogP contribution in [0, 0.1) is 0 Å². The fourth-order valence-corrected chi connectivity index (χ4v) is 4.07. The molecule has 0 N–H and O–H groups in total. The lowest BCUT2D eigenvalue weighted by molar-refractivity contribution is 0.0474. The molecule has 0 fully saturated rings. The molecule has 0 radical (unpaired) electrons. The van der Waals surface area contributed by atoms with Crippen LogP contribution in [0.3, 0.4) is 0 Å². The zero-order valence-corrected chi connectivity index (χ0v) is 18.4. The van der Waals surface area contributed by atoms with Gasteiger partial charge in [0.2, 0.25) is 0 Å². The molecule has 7 heteroatoms. The molecule has 166 valence electrons. The molecule has 0 bridgehead atoms. The Hall–Kier alpha value is -4.29. The maximum atomic E-state index is 13.1. The van der Waals surface area contributed by atoms with Crippen molar-refractivity contribution in [3.05, 3.63) is 112 Å². The van der Waals surface area contributed by atoms with Crippen LogP contribution in [0.25, 0.3) is 10.8 Å². The molecular weight excluding hydrogens is 454 g/mol. The van der Waals surface area contributed by atoms with E-state index < -0.39 is 24.4 Å². The average molecular weight is 470 g/mol. The molecular formula is C27H16ClNO5. The Morgan fingerprint density at radius 2 is 1.29 bits per heavy atom. The molecule has 4 aromatic rings. The summed E-state index contributed by atoms with van der Waals surface area (Å²) in [5.41, 5.74) is 1.78. The van der Waals surface area contributed by atoms with E-state index in [0.29, 0.717) is 32.8 Å². The smallest absolute Gasteiger partial charge is 0.338 e. The molecule has 5 rings (SSSR count). The topological polar surface area (TPSA) is 80.8 Å². The van der Waals surface area contributed by atoms with Crippen LogP contribution >= 0.6 is 11.6 Å². The van der Waals surface area contributed by atoms with Gasteiger partial charge in [0.25, 0.3) is 11.8 Å². The van der Waals surface area contributed by atoms with Crippen LogP contribution in [-0.2, 0) is 4.74 Å². The lowest BCUT2D eigenvalue weighted by Gasteiger charge is -2.27. The number of hydrogen-bond donors (Lipinski definition) is 0. The van der Waals surface area contributed by atoms with E-state index in [4.69, 9.17) is 16.3 Å². The van der Waals surface area contributed by atoms with Crippen molar-refractivity contribution in [3.8, 4) is 0 Å². The summed E-state index contributed by atoms with van der Waals surface area (Å²) in [7, 11) is 0. The number of ether oxygens (including phenoxy) is 1. The molecule has 2 amide bonds. The second-order valence-corrected chi connectivity index (χ2v) is 8.14. The minimum Gasteiger partial charge on any atom is -0.454 e. The summed E-state index contributed by atoms with van der Waals surface area (Å²) in [5, 5.41) is 1.96. The van der Waals surface area contributed by atoms with Crippen LogP contribution in [0.5, 0.6) is 0 Å². The Kier molecular flexibility index (Phi) is 5.43. The number of halogens is 1. The van der Waals surface area contributed by atoms with Crippen molar-refractivity contribution in [2.45, 2.75) is 0 Å². The van der Waals surface area contributed by atoms with Gasteiger partial charge in [-0.15, -0.1) is 0 Å². The molecule has 0 saturated heterocycles. The maximum Gasteiger partial charge on any atom is 0.338 e. The zero-order chi connectivity index (χ0) is 23.8. The highest BCUT2D eigenvalue weighted by molar-refractivity contribution is 6.35. The normalized spacial score (nSPS) is 12.7. The molecule has 1 aliphatic heterocycles. The van der Waals surface area contributed by atoms with Gasteiger partial charge in [-0.05, 0) is 66.0 Å². The van der Waals surface area contributed by atoms with E-state index in [9.17, 15) is 19.2 Å². The number of nitrogens with zero attached hydrogens (tertiary/aromatic N) is 1. The highest BCUT2D eigenvalue weighted by Crippen LogP contribution is 2.32. The third-order valence-corrected chi connectivity index (χ3v) is 5.89. The molecule has 34 heavy (non-hydrogen) atoms. The molecule has 0 saturated carbocycles. The van der Waals surface area contributed by atoms with E-state index in [2.05, 4.69) is 0 Å². The molecule has 0 spiro atoms. The number of hydrogen-bond acceptors (Lipinski definition) is 5. The van der Waals surface area contributed by atoms with Gasteiger partial charge in [0.1, 0.15) is 0 Å². The number of carbonyl (C=O) groups is 4. The predicted molar refractivity (Wildman–Crippen MR) is 128 cm³/mol. The molecule has 0 unspecified atom stereocenters. The maximum absolute atomic E-state index is 13.1. The summed E-state index contributed by atoms with van der Waals surface area (Å²) in [4.78, 5) is 52.0. The molecule has 0 atom stereocenters. The van der Waals surface area contributed by atoms with Crippen LogP contribution in [0.15, 0.2) is 84.9 Å². The van der Waals surface area contributed by atoms with E-state index in [1.807, 2.05) is 12.1 Å². The van der Waals surface area contributed by atoms with E-state index >= 15 is 0 Å². The minimum atomic E-state index is -0.694. The van der Waals surface area contributed by atoms with Crippen molar-refractivity contribution < 1.29 is 23.9 Å². The van der Waals surface area contributed by atoms with Gasteiger partial charge >= 0.3 is 5.97 Å². The lowest BCUT2D eigenvalue weighted by atomic mass is 9.94. The van der Waals surface area contributed by atoms with Gasteiger partial charge in [-0.25, -0.2) is 9.69 Å². The van der Waals surface area contributed by atoms with E-state index in [0.717, 1.165) is 10.3 Å². The van der Waals surface area contributed by atoms with Crippen molar-refractivity contribution in [1.82, 2.24) is 0 Å². The second kappa shape index (κ2) is 8.57. The number of amides is 2. The highest BCUT2D eigenvalue weighted by atomic mass is 35.5. The van der Waals surface area contributed by atoms with Gasteiger partial charge in [0.05, 0.1) is 11.3 Å². The van der Waals surface area contributed by atoms with Gasteiger partial charge in [0.15, 0.2) is 12.4 Å². The second-order valence-electron chi connectivity index (χ2n) is 7.71. The van der Waals surface area contributed by atoms with Crippen molar-refractivity contribution >= 4 is 51.6 Å². The summed E-state index contributed by atoms with van der Waals surface area (Å²) in [6, 6.07) is 22.8. The third-order valence-electron chi connectivity index (χ3n) is 5.63. The van der Waals surface area contributed by atoms with Crippen LogP contribution < -0.4 is 4.90 Å². The first-order chi connectivity index (χ1) is 16.4. The van der Waals surface area contributed by atoms with E-state index in [-0.39, 0.29) is 11.3 Å². The van der Waals surface area contributed by atoms with Crippen molar-refractivity contribution in [2.75, 3.05) is 11.5 Å². The monoisotopic (exact) mass is 469 g/mol. The summed E-state index contributed by atoms with van der Waals surface area (Å²) < 4.78 is 5.12. The predicted octanol–water partition coefficient (Wildman–Crippen LogP) is 5.33. The van der Waals surface area contributed by atoms with Gasteiger partial charge < -0.3 is 4.74 Å². The van der Waals surface area contributed by atoms with Crippen LogP contribution in [0.1, 0.15) is 41.4 Å². The molecule has 1 aliphatic rings. The van der Waals surface area contributed by atoms with Gasteiger partial charge in [-0.1, -0.05) is 35.9 Å². The average Bonchev–Trinajstić information content (AvgIpc) is 2.86. The van der Waals surface area contributed by atoms with Crippen molar-refractivity contribution in [3.63, 3.8) is 0 Å². The lowest BCUT2D eigenvalue weighted by Crippen LogP contribution is -2.40. The SMILES string of the molecule is O=C(COC(=O)c1ccc(N2C(=O)c3cccc4cccc(c34)C2=O)cc1)c1ccc(Cl)cc1. The first kappa shape index (κ1) is 21.6. The molecule has 4 aromatic carbocycles. The highest BCUT2D eigenvalue weighted by Gasteiger charge is 2.33. The molecule has 6 nitrogen and oxygen atoms in total. The van der Waals surface area contributed by atoms with Crippen LogP contribution in [0.4, 0.5) is 5.69 Å². The Labute approximate surface area is 199 Å². The largest absolute Gasteiger partial charge is 0.454 e. The van der Waals surface area contributed by atoms with E-state index in [1.54, 1.807) is 48.5 Å². The van der Waals surface area contributed by atoms with Crippen molar-refractivity contribution in [1.29, 1.82) is 0 Å². The number of ketones is 1. The summed E-state index contributed by atoms with van der Waals surface area (Å²) >= 11 is 5.81. The molecule has 0 aliphatic carbocycles. The third kappa shape index (κ3) is 3.74. The van der Waals surface area contributed by atoms with Crippen LogP contribution in [-0.4, -0.2) is 30.2 Å². The van der Waals surface area contributed by atoms with E-state index in [1.165, 1.54) is 24.3 Å². The number of benzene rings is 4. The first-order valence-corrected chi connectivity index (χ1v) is 10.8. The Morgan fingerprint density at radius 3 is 1.88 bits per heavy atom. The summed E-state index contributed by atoms with van der Waals surface area (Å²) in [5.74, 6) is -1.92. The van der Waals surface area contributed by atoms with Crippen molar-refractivity contribution in [2.24, 2.45) is 0 Å². The number of imide groups is 1. The zero-order valence-electron chi connectivity index (χ0n) is 17.7. The Morgan fingerprint density at radius 1 is 0.735 bits per heavy atom. The van der Waals surface area contributed by atoms with Gasteiger partial charge in [0, 0.05) is 27.1 Å². The summed E-state index contributed by atoms with van der Waals surface area (Å²) in [6.45, 7) is -0.425. The molecule has 1 heterocycles. The quantitative estimate of drug-likeness (QED) is 0.224. The summed E-state index contributed by atoms with van der Waals surface area (Å²) in [6.07, 6.45) is 0. The Balaban J connectivity index is 1.33. The minimum absolute atomic E-state index is 0.187. The van der Waals surface area contributed by atoms with Gasteiger partial charge in [-0.3, -0.25) is 14.4 Å². The number of anilines is 1. The number of carbonyl (C=O) groups excluding carboxylic acids is 4. The fraction of sp³-hybridized carbons (Fsp3) is 0.0370. The Bertz CT molecular complexity index is 1420. The fourth-order valence-electron chi connectivity index (χ4n) is 3.95. The van der Waals surface area contributed by atoms with Crippen LogP contribution in [0.2, 0.25) is 5.02 Å². The first-order valence-electron chi connectivity index (χ1n) is 10.4.